The molecule has 0 unspecified atom stereocenters. The fraction of sp³-hybridized carbons (Fsp3) is 0.111. The van der Waals surface area contributed by atoms with E-state index in [0.717, 1.165) is 45.3 Å². The number of benzene rings is 6. The Hall–Kier alpha value is -6.14. The normalized spacial score (nSPS) is 12.7. The second kappa shape index (κ2) is 13.6. The van der Waals surface area contributed by atoms with E-state index in [2.05, 4.69) is 183 Å². The average molecular weight is 662 g/mol. The SMILES string of the molecule is CC1=NN(c2cccc(B(c3cccc(-n4cc(-c5ccccc5)c(-c5ccccc5)n4)c3)c3c(C)cc(C)cc3C)c2)CN1c1ccccc1. The van der Waals surface area contributed by atoms with Crippen LogP contribution in [0.4, 0.5) is 11.4 Å². The van der Waals surface area contributed by atoms with Gasteiger partial charge in [-0.05, 0) is 69.7 Å². The second-order valence-corrected chi connectivity index (χ2v) is 13.5. The Bertz CT molecular complexity index is 2270. The van der Waals surface area contributed by atoms with E-state index in [1.54, 1.807) is 0 Å². The number of anilines is 2. The van der Waals surface area contributed by atoms with Crippen LogP contribution in [-0.2, 0) is 0 Å². The number of aryl methyl sites for hydroxylation is 3. The Balaban J connectivity index is 1.23. The first-order valence-electron chi connectivity index (χ1n) is 17.6. The molecular weight excluding hydrogens is 621 g/mol. The van der Waals surface area contributed by atoms with Gasteiger partial charge in [0.2, 0.25) is 6.71 Å². The summed E-state index contributed by atoms with van der Waals surface area (Å²) in [6, 6.07) is 53.9. The van der Waals surface area contributed by atoms with Gasteiger partial charge in [-0.3, -0.25) is 0 Å². The Kier molecular flexibility index (Phi) is 8.58. The molecule has 6 aromatic carbocycles. The van der Waals surface area contributed by atoms with Gasteiger partial charge in [-0.25, -0.2) is 9.69 Å². The third-order valence-corrected chi connectivity index (χ3v) is 9.84. The molecule has 0 bridgehead atoms. The van der Waals surface area contributed by atoms with Crippen molar-refractivity contribution in [3.63, 3.8) is 0 Å². The van der Waals surface area contributed by atoms with E-state index >= 15 is 0 Å². The predicted octanol–water partition coefficient (Wildman–Crippen LogP) is 8.27. The monoisotopic (exact) mass is 661 g/mol. The van der Waals surface area contributed by atoms with Crippen LogP contribution in [0, 0.1) is 20.8 Å². The predicted molar refractivity (Wildman–Crippen MR) is 216 cm³/mol. The molecule has 0 fully saturated rings. The molecule has 0 aliphatic carbocycles. The highest BCUT2D eigenvalue weighted by molar-refractivity contribution is 6.96. The smallest absolute Gasteiger partial charge is 0.242 e. The van der Waals surface area contributed by atoms with Crippen LogP contribution in [0.2, 0.25) is 0 Å². The molecule has 0 radical (unpaired) electrons. The van der Waals surface area contributed by atoms with E-state index in [-0.39, 0.29) is 6.71 Å². The Labute approximate surface area is 301 Å². The Morgan fingerprint density at radius 1 is 0.549 bits per heavy atom. The molecule has 8 rings (SSSR count). The van der Waals surface area contributed by atoms with Gasteiger partial charge in [0.05, 0.1) is 11.4 Å². The number of para-hydroxylation sites is 1. The summed E-state index contributed by atoms with van der Waals surface area (Å²) in [7, 11) is 0. The zero-order valence-corrected chi connectivity index (χ0v) is 29.5. The molecule has 51 heavy (non-hydrogen) atoms. The lowest BCUT2D eigenvalue weighted by Gasteiger charge is -2.24. The summed E-state index contributed by atoms with van der Waals surface area (Å²) >= 11 is 0. The number of hydrazone groups is 1. The maximum atomic E-state index is 5.22. The van der Waals surface area contributed by atoms with Gasteiger partial charge in [-0.15, -0.1) is 0 Å². The van der Waals surface area contributed by atoms with E-state index < -0.39 is 0 Å². The molecule has 1 aliphatic heterocycles. The molecule has 0 amide bonds. The van der Waals surface area contributed by atoms with E-state index in [0.29, 0.717) is 6.67 Å². The minimum atomic E-state index is 0.00107. The van der Waals surface area contributed by atoms with Gasteiger partial charge in [0.25, 0.3) is 0 Å². The summed E-state index contributed by atoms with van der Waals surface area (Å²) in [6.45, 7) is 9.40. The lowest BCUT2D eigenvalue weighted by Crippen LogP contribution is -2.54. The lowest BCUT2D eigenvalue weighted by molar-refractivity contribution is 0.885. The molecular formula is C45H40BN5. The van der Waals surface area contributed by atoms with Crippen LogP contribution in [0.25, 0.3) is 28.1 Å². The number of rotatable bonds is 8. The highest BCUT2D eigenvalue weighted by atomic mass is 15.6. The van der Waals surface area contributed by atoms with Crippen molar-refractivity contribution in [2.24, 2.45) is 5.10 Å². The van der Waals surface area contributed by atoms with E-state index in [4.69, 9.17) is 10.2 Å². The molecule has 0 atom stereocenters. The molecule has 0 N–H and O–H groups in total. The average Bonchev–Trinajstić information content (AvgIpc) is 3.79. The quantitative estimate of drug-likeness (QED) is 0.154. The largest absolute Gasteiger partial charge is 0.308 e. The van der Waals surface area contributed by atoms with Gasteiger partial charge in [-0.2, -0.15) is 10.2 Å². The van der Waals surface area contributed by atoms with Crippen LogP contribution in [0.3, 0.4) is 0 Å². The van der Waals surface area contributed by atoms with Crippen molar-refractivity contribution in [3.05, 3.63) is 175 Å². The molecule has 0 spiro atoms. The summed E-state index contributed by atoms with van der Waals surface area (Å²) in [5, 5.41) is 12.3. The molecule has 1 aromatic heterocycles. The number of amidine groups is 1. The lowest BCUT2D eigenvalue weighted by atomic mass is 9.35. The van der Waals surface area contributed by atoms with E-state index in [1.165, 1.54) is 33.1 Å². The van der Waals surface area contributed by atoms with Crippen molar-refractivity contribution in [2.75, 3.05) is 16.6 Å². The number of hydrogen-bond donors (Lipinski definition) is 0. The zero-order chi connectivity index (χ0) is 34.9. The molecule has 6 heteroatoms. The highest BCUT2D eigenvalue weighted by Gasteiger charge is 2.28. The summed E-state index contributed by atoms with van der Waals surface area (Å²) < 4.78 is 2.04. The van der Waals surface area contributed by atoms with Gasteiger partial charge in [0, 0.05) is 23.0 Å². The van der Waals surface area contributed by atoms with Gasteiger partial charge in [0.1, 0.15) is 18.2 Å². The molecule has 0 saturated heterocycles. The van der Waals surface area contributed by atoms with Crippen molar-refractivity contribution >= 4 is 40.3 Å². The summed E-state index contributed by atoms with van der Waals surface area (Å²) in [4.78, 5) is 2.25. The topological polar surface area (TPSA) is 36.7 Å². The molecule has 248 valence electrons. The van der Waals surface area contributed by atoms with Crippen LogP contribution in [0.5, 0.6) is 0 Å². The molecule has 0 saturated carbocycles. The van der Waals surface area contributed by atoms with Crippen molar-refractivity contribution < 1.29 is 0 Å². The molecule has 1 aliphatic rings. The van der Waals surface area contributed by atoms with Gasteiger partial charge < -0.3 is 4.90 Å². The van der Waals surface area contributed by atoms with Crippen LogP contribution in [-0.4, -0.2) is 29.0 Å². The Morgan fingerprint density at radius 3 is 1.75 bits per heavy atom. The zero-order valence-electron chi connectivity index (χ0n) is 29.5. The van der Waals surface area contributed by atoms with Crippen molar-refractivity contribution in [2.45, 2.75) is 27.7 Å². The van der Waals surface area contributed by atoms with E-state index in [9.17, 15) is 0 Å². The van der Waals surface area contributed by atoms with Crippen molar-refractivity contribution in [1.29, 1.82) is 0 Å². The summed E-state index contributed by atoms with van der Waals surface area (Å²) in [5.41, 5.74) is 15.2. The molecule has 5 nitrogen and oxygen atoms in total. The summed E-state index contributed by atoms with van der Waals surface area (Å²) in [6.07, 6.45) is 2.17. The minimum absolute atomic E-state index is 0.00107. The third-order valence-electron chi connectivity index (χ3n) is 9.84. The molecule has 2 heterocycles. The standard InChI is InChI=1S/C45H40BN5/c1-32-26-33(2)44(34(3)27-32)46(39-21-15-25-42(29-39)51-31-49(35(4)47-51)40-22-12-7-13-23-40)38-20-14-24-41(28-38)50-30-43(36-16-8-5-9-17-36)45(48-50)37-18-10-6-11-19-37/h5-30H,31H2,1-4H3. The van der Waals surface area contributed by atoms with Gasteiger partial charge in [-0.1, -0.05) is 148 Å². The third kappa shape index (κ3) is 6.37. The van der Waals surface area contributed by atoms with Gasteiger partial charge in [0.15, 0.2) is 0 Å². The highest BCUT2D eigenvalue weighted by Crippen LogP contribution is 2.32. The van der Waals surface area contributed by atoms with Crippen molar-refractivity contribution in [3.8, 4) is 28.1 Å². The van der Waals surface area contributed by atoms with Crippen LogP contribution in [0.15, 0.2) is 163 Å². The number of nitrogens with zero attached hydrogens (tertiary/aromatic N) is 5. The maximum absolute atomic E-state index is 5.22. The van der Waals surface area contributed by atoms with Gasteiger partial charge >= 0.3 is 0 Å². The molecule has 7 aromatic rings. The van der Waals surface area contributed by atoms with Crippen LogP contribution >= 0.6 is 0 Å². The first kappa shape index (κ1) is 32.1. The number of hydrogen-bond acceptors (Lipinski definition) is 4. The second-order valence-electron chi connectivity index (χ2n) is 13.5. The number of aromatic nitrogens is 2. The summed E-state index contributed by atoms with van der Waals surface area (Å²) in [5.74, 6) is 0.977. The minimum Gasteiger partial charge on any atom is -0.308 e. The van der Waals surface area contributed by atoms with Crippen molar-refractivity contribution in [1.82, 2.24) is 9.78 Å². The Morgan fingerprint density at radius 2 is 1.10 bits per heavy atom. The van der Waals surface area contributed by atoms with Crippen LogP contribution in [0.1, 0.15) is 23.6 Å². The fourth-order valence-electron chi connectivity index (χ4n) is 7.54. The van der Waals surface area contributed by atoms with Crippen LogP contribution < -0.4 is 26.3 Å². The first-order chi connectivity index (χ1) is 24.9. The maximum Gasteiger partial charge on any atom is 0.242 e. The van der Waals surface area contributed by atoms with E-state index in [1.807, 2.05) is 16.8 Å². The first-order valence-corrected chi connectivity index (χ1v) is 17.6. The fourth-order valence-corrected chi connectivity index (χ4v) is 7.54.